The zero-order chi connectivity index (χ0) is 25.3. The fourth-order valence-electron chi connectivity index (χ4n) is 5.23. The molecule has 0 aliphatic carbocycles. The number of hydrogen-bond donors (Lipinski definition) is 0. The van der Waals surface area contributed by atoms with E-state index in [1.54, 1.807) is 27.4 Å². The fraction of sp³-hybridized carbons (Fsp3) is 0.321. The highest BCUT2D eigenvalue weighted by Gasteiger charge is 2.33. The Balaban J connectivity index is 1.34. The summed E-state index contributed by atoms with van der Waals surface area (Å²) in [6, 6.07) is 23.4. The van der Waals surface area contributed by atoms with Crippen molar-refractivity contribution in [1.82, 2.24) is 9.21 Å². The number of benzene rings is 3. The lowest BCUT2D eigenvalue weighted by molar-refractivity contribution is -0.118. The topological polar surface area (TPSA) is 60.9 Å². The normalized spacial score (nSPS) is 17.7. The number of hydrogen-bond acceptors (Lipinski definition) is 4. The SMILES string of the molecule is CCC(=O)N1CCc2cc(S(=O)(=O)N3CCN([C@H](c4ccccc4)c4ccc(Cl)cc4)CC3)ccc21. The van der Waals surface area contributed by atoms with E-state index < -0.39 is 10.0 Å². The molecule has 2 aliphatic rings. The number of carbonyl (C=O) groups excluding carboxylic acids is 1. The van der Waals surface area contributed by atoms with Crippen molar-refractivity contribution in [3.63, 3.8) is 0 Å². The van der Waals surface area contributed by atoms with E-state index in [1.165, 1.54) is 5.56 Å². The van der Waals surface area contributed by atoms with Crippen molar-refractivity contribution in [1.29, 1.82) is 0 Å². The Kier molecular flexibility index (Phi) is 7.17. The van der Waals surface area contributed by atoms with E-state index in [2.05, 4.69) is 17.0 Å². The van der Waals surface area contributed by atoms with Crippen molar-refractivity contribution < 1.29 is 13.2 Å². The zero-order valence-corrected chi connectivity index (χ0v) is 21.9. The molecule has 0 unspecified atom stereocenters. The zero-order valence-electron chi connectivity index (χ0n) is 20.3. The summed E-state index contributed by atoms with van der Waals surface area (Å²) in [7, 11) is -3.63. The molecule has 1 amide bonds. The molecule has 2 heterocycles. The lowest BCUT2D eigenvalue weighted by Crippen LogP contribution is -2.49. The number of piperazine rings is 1. The van der Waals surface area contributed by atoms with Gasteiger partial charge >= 0.3 is 0 Å². The molecule has 0 N–H and O–H groups in total. The summed E-state index contributed by atoms with van der Waals surface area (Å²) in [5.41, 5.74) is 4.05. The highest BCUT2D eigenvalue weighted by atomic mass is 35.5. The first-order valence-corrected chi connectivity index (χ1v) is 14.2. The Labute approximate surface area is 218 Å². The Morgan fingerprint density at radius 1 is 0.889 bits per heavy atom. The van der Waals surface area contributed by atoms with Gasteiger partial charge in [0.1, 0.15) is 0 Å². The second kappa shape index (κ2) is 10.3. The lowest BCUT2D eigenvalue weighted by atomic mass is 9.96. The minimum absolute atomic E-state index is 0.0235. The largest absolute Gasteiger partial charge is 0.312 e. The van der Waals surface area contributed by atoms with Crippen molar-refractivity contribution in [2.75, 3.05) is 37.6 Å². The van der Waals surface area contributed by atoms with E-state index in [9.17, 15) is 13.2 Å². The molecule has 0 radical (unpaired) electrons. The van der Waals surface area contributed by atoms with Crippen LogP contribution in [0.15, 0.2) is 77.7 Å². The van der Waals surface area contributed by atoms with E-state index in [0.29, 0.717) is 55.5 Å². The summed E-state index contributed by atoms with van der Waals surface area (Å²) in [6.07, 6.45) is 1.11. The molecule has 1 atom stereocenters. The van der Waals surface area contributed by atoms with Crippen LogP contribution in [0.25, 0.3) is 0 Å². The number of sulfonamides is 1. The second-order valence-corrected chi connectivity index (χ2v) is 11.6. The Morgan fingerprint density at radius 2 is 1.56 bits per heavy atom. The molecular formula is C28H30ClN3O3S. The van der Waals surface area contributed by atoms with Gasteiger partial charge in [-0.25, -0.2) is 8.42 Å². The van der Waals surface area contributed by atoms with Gasteiger partial charge in [-0.3, -0.25) is 9.69 Å². The summed E-state index contributed by atoms with van der Waals surface area (Å²) < 4.78 is 28.6. The first-order valence-electron chi connectivity index (χ1n) is 12.4. The molecule has 5 rings (SSSR count). The highest BCUT2D eigenvalue weighted by Crippen LogP contribution is 2.34. The van der Waals surface area contributed by atoms with E-state index >= 15 is 0 Å². The summed E-state index contributed by atoms with van der Waals surface area (Å²) in [5, 5.41) is 0.693. The van der Waals surface area contributed by atoms with Gasteiger partial charge < -0.3 is 4.90 Å². The Hall–Kier alpha value is -2.71. The van der Waals surface area contributed by atoms with Crippen molar-refractivity contribution in [3.05, 3.63) is 94.5 Å². The van der Waals surface area contributed by atoms with Gasteiger partial charge in [0.05, 0.1) is 10.9 Å². The minimum Gasteiger partial charge on any atom is -0.312 e. The molecule has 0 bridgehead atoms. The first-order chi connectivity index (χ1) is 17.4. The van der Waals surface area contributed by atoms with Gasteiger partial charge in [-0.1, -0.05) is 61.0 Å². The van der Waals surface area contributed by atoms with Crippen LogP contribution in [0.3, 0.4) is 0 Å². The number of rotatable bonds is 6. The Morgan fingerprint density at radius 3 is 2.22 bits per heavy atom. The number of fused-ring (bicyclic) bond motifs is 1. The highest BCUT2D eigenvalue weighted by molar-refractivity contribution is 7.89. The van der Waals surface area contributed by atoms with Crippen LogP contribution in [0.5, 0.6) is 0 Å². The maximum atomic E-state index is 13.5. The third-order valence-electron chi connectivity index (χ3n) is 7.13. The molecule has 36 heavy (non-hydrogen) atoms. The number of halogens is 1. The van der Waals surface area contributed by atoms with Gasteiger partial charge in [0.25, 0.3) is 0 Å². The van der Waals surface area contributed by atoms with Gasteiger partial charge in [-0.2, -0.15) is 4.31 Å². The van der Waals surface area contributed by atoms with Gasteiger partial charge in [0, 0.05) is 49.9 Å². The quantitative estimate of drug-likeness (QED) is 0.468. The van der Waals surface area contributed by atoms with Gasteiger partial charge in [-0.05, 0) is 53.4 Å². The molecule has 8 heteroatoms. The van der Waals surface area contributed by atoms with Crippen LogP contribution < -0.4 is 4.90 Å². The summed E-state index contributed by atoms with van der Waals surface area (Å²) in [5.74, 6) is 0.0640. The van der Waals surface area contributed by atoms with Gasteiger partial charge in [0.2, 0.25) is 15.9 Å². The van der Waals surface area contributed by atoms with Crippen molar-refractivity contribution in [3.8, 4) is 0 Å². The molecule has 3 aromatic rings. The van der Waals surface area contributed by atoms with Gasteiger partial charge in [-0.15, -0.1) is 0 Å². The molecule has 1 fully saturated rings. The van der Waals surface area contributed by atoms with Crippen LogP contribution in [-0.2, 0) is 21.2 Å². The molecule has 3 aromatic carbocycles. The van der Waals surface area contributed by atoms with Crippen LogP contribution in [0.4, 0.5) is 5.69 Å². The maximum Gasteiger partial charge on any atom is 0.243 e. The molecule has 1 saturated heterocycles. The fourth-order valence-corrected chi connectivity index (χ4v) is 6.83. The third kappa shape index (κ3) is 4.81. The lowest BCUT2D eigenvalue weighted by Gasteiger charge is -2.39. The minimum atomic E-state index is -3.63. The van der Waals surface area contributed by atoms with Crippen LogP contribution in [0, 0.1) is 0 Å². The molecule has 6 nitrogen and oxygen atoms in total. The van der Waals surface area contributed by atoms with Crippen molar-refractivity contribution >= 4 is 33.2 Å². The van der Waals surface area contributed by atoms with E-state index in [0.717, 1.165) is 16.8 Å². The number of nitrogens with zero attached hydrogens (tertiary/aromatic N) is 3. The van der Waals surface area contributed by atoms with Crippen LogP contribution in [-0.4, -0.2) is 56.3 Å². The van der Waals surface area contributed by atoms with Crippen molar-refractivity contribution in [2.45, 2.75) is 30.7 Å². The van der Waals surface area contributed by atoms with Crippen molar-refractivity contribution in [2.24, 2.45) is 0 Å². The van der Waals surface area contributed by atoms with Crippen LogP contribution >= 0.6 is 11.6 Å². The maximum absolute atomic E-state index is 13.5. The summed E-state index contributed by atoms with van der Waals surface area (Å²) in [6.45, 7) is 4.51. The molecule has 2 aliphatic heterocycles. The first kappa shape index (κ1) is 25.0. The number of carbonyl (C=O) groups is 1. The smallest absolute Gasteiger partial charge is 0.243 e. The van der Waals surface area contributed by atoms with E-state index in [1.807, 2.05) is 49.4 Å². The standard InChI is InChI=1S/C28H30ClN3O3S/c1-2-27(33)32-15-14-23-20-25(12-13-26(23)32)36(34,35)31-18-16-30(17-19-31)28(21-6-4-3-5-7-21)22-8-10-24(29)11-9-22/h3-13,20,28H,2,14-19H2,1H3/t28-/m1/s1. The average molecular weight is 524 g/mol. The van der Waals surface area contributed by atoms with Crippen LogP contribution in [0.1, 0.15) is 36.1 Å². The average Bonchev–Trinajstić information content (AvgIpc) is 3.34. The number of anilines is 1. The number of amides is 1. The molecule has 0 aromatic heterocycles. The Bertz CT molecular complexity index is 1340. The summed E-state index contributed by atoms with van der Waals surface area (Å²) in [4.78, 5) is 16.6. The summed E-state index contributed by atoms with van der Waals surface area (Å²) >= 11 is 6.14. The molecule has 0 saturated carbocycles. The second-order valence-electron chi connectivity index (χ2n) is 9.24. The monoisotopic (exact) mass is 523 g/mol. The van der Waals surface area contributed by atoms with Crippen LogP contribution in [0.2, 0.25) is 5.02 Å². The van der Waals surface area contributed by atoms with E-state index in [-0.39, 0.29) is 11.9 Å². The predicted molar refractivity (Wildman–Crippen MR) is 143 cm³/mol. The molecular weight excluding hydrogens is 494 g/mol. The molecule has 188 valence electrons. The predicted octanol–water partition coefficient (Wildman–Crippen LogP) is 4.74. The van der Waals surface area contributed by atoms with Gasteiger partial charge in [0.15, 0.2) is 0 Å². The van der Waals surface area contributed by atoms with E-state index in [4.69, 9.17) is 11.6 Å². The molecule has 0 spiro atoms. The third-order valence-corrected chi connectivity index (χ3v) is 9.27.